The highest BCUT2D eigenvalue weighted by atomic mass is 127. The summed E-state index contributed by atoms with van der Waals surface area (Å²) in [5, 5.41) is 0. The number of carbonyl (C=O) groups is 1. The smallest absolute Gasteiger partial charge is 0.321 e. The van der Waals surface area contributed by atoms with Gasteiger partial charge >= 0.3 is 5.97 Å². The molecule has 0 radical (unpaired) electrons. The highest BCUT2D eigenvalue weighted by molar-refractivity contribution is 14.1. The van der Waals surface area contributed by atoms with Gasteiger partial charge in [0.2, 0.25) is 0 Å². The van der Waals surface area contributed by atoms with Crippen molar-refractivity contribution in [2.45, 2.75) is 24.2 Å². The number of ether oxygens (including phenoxy) is 1. The molecule has 60 valence electrons. The van der Waals surface area contributed by atoms with Crippen LogP contribution in [-0.4, -0.2) is 16.5 Å². The van der Waals surface area contributed by atoms with E-state index in [2.05, 4.69) is 27.3 Å². The predicted molar refractivity (Wildman–Crippen MR) is 49.3 cm³/mol. The van der Waals surface area contributed by atoms with Gasteiger partial charge in [0.1, 0.15) is 3.42 Å². The molecule has 1 atom stereocenters. The van der Waals surface area contributed by atoms with Gasteiger partial charge in [-0.3, -0.25) is 4.79 Å². The van der Waals surface area contributed by atoms with Crippen LogP contribution < -0.4 is 0 Å². The molecule has 2 nitrogen and oxygen atoms in total. The van der Waals surface area contributed by atoms with Gasteiger partial charge in [-0.15, -0.1) is 0 Å². The Balaban J connectivity index is 4.24. The molecule has 0 aliphatic heterocycles. The van der Waals surface area contributed by atoms with E-state index in [-0.39, 0.29) is 9.39 Å². The molecule has 1 unspecified atom stereocenters. The van der Waals surface area contributed by atoms with Gasteiger partial charge in [0.15, 0.2) is 0 Å². The van der Waals surface area contributed by atoms with Gasteiger partial charge < -0.3 is 4.74 Å². The van der Waals surface area contributed by atoms with Crippen LogP contribution >= 0.6 is 22.6 Å². The van der Waals surface area contributed by atoms with Crippen molar-refractivity contribution in [2.24, 2.45) is 5.92 Å². The maximum atomic E-state index is 11.0. The molecule has 0 spiro atoms. The van der Waals surface area contributed by atoms with E-state index in [0.717, 1.165) is 0 Å². The summed E-state index contributed by atoms with van der Waals surface area (Å²) in [6.07, 6.45) is 0. The van der Waals surface area contributed by atoms with Crippen molar-refractivity contribution >= 4 is 28.6 Å². The standard InChI is InChI=1S/C7H13IO2/c1-5(2)7(3,8)6(9)10-4/h5H,1-4H3. The van der Waals surface area contributed by atoms with Crippen molar-refractivity contribution < 1.29 is 9.53 Å². The van der Waals surface area contributed by atoms with Crippen molar-refractivity contribution in [3.8, 4) is 0 Å². The van der Waals surface area contributed by atoms with Gasteiger partial charge in [0.25, 0.3) is 0 Å². The summed E-state index contributed by atoms with van der Waals surface area (Å²) in [4.78, 5) is 11.0. The monoisotopic (exact) mass is 256 g/mol. The number of halogens is 1. The lowest BCUT2D eigenvalue weighted by molar-refractivity contribution is -0.143. The van der Waals surface area contributed by atoms with E-state index in [1.165, 1.54) is 7.11 Å². The minimum absolute atomic E-state index is 0.150. The van der Waals surface area contributed by atoms with Crippen molar-refractivity contribution in [3.63, 3.8) is 0 Å². The third-order valence-electron chi connectivity index (χ3n) is 1.67. The van der Waals surface area contributed by atoms with Crippen LogP contribution in [0.1, 0.15) is 20.8 Å². The topological polar surface area (TPSA) is 26.3 Å². The number of rotatable bonds is 2. The second kappa shape index (κ2) is 3.55. The molecule has 0 aromatic heterocycles. The van der Waals surface area contributed by atoms with E-state index in [9.17, 15) is 4.79 Å². The highest BCUT2D eigenvalue weighted by Crippen LogP contribution is 2.28. The number of methoxy groups -OCH3 is 1. The summed E-state index contributed by atoms with van der Waals surface area (Å²) < 4.78 is 4.25. The number of hydrogen-bond donors (Lipinski definition) is 0. The number of alkyl halides is 1. The lowest BCUT2D eigenvalue weighted by Gasteiger charge is -2.23. The third-order valence-corrected chi connectivity index (χ3v) is 3.35. The van der Waals surface area contributed by atoms with Crippen LogP contribution in [-0.2, 0) is 9.53 Å². The normalized spacial score (nSPS) is 16.6. The quantitative estimate of drug-likeness (QED) is 0.429. The summed E-state index contributed by atoms with van der Waals surface area (Å²) in [5.74, 6) is 0.156. The molecule has 0 aromatic carbocycles. The van der Waals surface area contributed by atoms with Crippen molar-refractivity contribution in [1.82, 2.24) is 0 Å². The average Bonchev–Trinajstić information content (AvgIpc) is 1.86. The maximum Gasteiger partial charge on any atom is 0.321 e. The Labute approximate surface area is 75.5 Å². The van der Waals surface area contributed by atoms with E-state index in [1.807, 2.05) is 20.8 Å². The van der Waals surface area contributed by atoms with Gasteiger partial charge in [0, 0.05) is 0 Å². The van der Waals surface area contributed by atoms with Crippen LogP contribution in [0.25, 0.3) is 0 Å². The molecule has 0 aliphatic carbocycles. The fraction of sp³-hybridized carbons (Fsp3) is 0.857. The van der Waals surface area contributed by atoms with Crippen molar-refractivity contribution in [1.29, 1.82) is 0 Å². The Morgan fingerprint density at radius 2 is 2.00 bits per heavy atom. The number of hydrogen-bond acceptors (Lipinski definition) is 2. The first kappa shape index (κ1) is 10.2. The van der Waals surface area contributed by atoms with E-state index in [4.69, 9.17) is 0 Å². The third kappa shape index (κ3) is 2.11. The maximum absolute atomic E-state index is 11.0. The minimum atomic E-state index is -0.382. The molecule has 0 saturated heterocycles. The fourth-order valence-electron chi connectivity index (χ4n) is 0.435. The molecule has 0 amide bonds. The van der Waals surface area contributed by atoms with Crippen LogP contribution in [0.2, 0.25) is 0 Å². The number of esters is 1. The van der Waals surface area contributed by atoms with Crippen LogP contribution in [0.5, 0.6) is 0 Å². The zero-order valence-electron chi connectivity index (χ0n) is 6.77. The molecule has 3 heteroatoms. The largest absolute Gasteiger partial charge is 0.468 e. The van der Waals surface area contributed by atoms with Gasteiger partial charge in [-0.25, -0.2) is 0 Å². The summed E-state index contributed by atoms with van der Waals surface area (Å²) in [7, 11) is 1.42. The Bertz CT molecular complexity index is 130. The minimum Gasteiger partial charge on any atom is -0.468 e. The molecule has 0 aromatic rings. The van der Waals surface area contributed by atoms with Crippen LogP contribution in [0.3, 0.4) is 0 Å². The van der Waals surface area contributed by atoms with Crippen LogP contribution in [0.4, 0.5) is 0 Å². The van der Waals surface area contributed by atoms with E-state index in [1.54, 1.807) is 0 Å². The second-order valence-electron chi connectivity index (χ2n) is 2.72. The van der Waals surface area contributed by atoms with Crippen LogP contribution in [0.15, 0.2) is 0 Å². The molecule has 10 heavy (non-hydrogen) atoms. The van der Waals surface area contributed by atoms with Gasteiger partial charge in [-0.05, 0) is 12.8 Å². The number of carbonyl (C=O) groups excluding carboxylic acids is 1. The second-order valence-corrected chi connectivity index (χ2v) is 4.96. The zero-order chi connectivity index (χ0) is 8.36. The molecule has 0 N–H and O–H groups in total. The Morgan fingerprint density at radius 1 is 1.60 bits per heavy atom. The molecule has 0 rings (SSSR count). The molecular weight excluding hydrogens is 243 g/mol. The van der Waals surface area contributed by atoms with E-state index >= 15 is 0 Å². The molecule has 0 heterocycles. The molecule has 0 saturated carbocycles. The average molecular weight is 256 g/mol. The lowest BCUT2D eigenvalue weighted by atomic mass is 9.98. The zero-order valence-corrected chi connectivity index (χ0v) is 8.93. The summed E-state index contributed by atoms with van der Waals surface area (Å²) >= 11 is 2.12. The first-order valence-corrected chi connectivity index (χ1v) is 4.28. The lowest BCUT2D eigenvalue weighted by Crippen LogP contribution is -2.34. The van der Waals surface area contributed by atoms with Crippen molar-refractivity contribution in [2.75, 3.05) is 7.11 Å². The van der Waals surface area contributed by atoms with E-state index in [0.29, 0.717) is 5.92 Å². The Morgan fingerprint density at radius 3 is 2.10 bits per heavy atom. The van der Waals surface area contributed by atoms with Gasteiger partial charge in [-0.2, -0.15) is 0 Å². The molecule has 0 aliphatic rings. The predicted octanol–water partition coefficient (Wildman–Crippen LogP) is 2.01. The molecule has 0 fully saturated rings. The first-order valence-electron chi connectivity index (χ1n) is 3.20. The molecular formula is C7H13IO2. The summed E-state index contributed by atoms with van der Waals surface area (Å²) in [6.45, 7) is 5.89. The summed E-state index contributed by atoms with van der Waals surface area (Å²) in [6, 6.07) is 0. The van der Waals surface area contributed by atoms with E-state index < -0.39 is 0 Å². The SMILES string of the molecule is COC(=O)C(C)(I)C(C)C. The highest BCUT2D eigenvalue weighted by Gasteiger charge is 2.34. The molecule has 0 bridgehead atoms. The summed E-state index contributed by atoms with van der Waals surface area (Å²) in [5.41, 5.74) is 0. The fourth-order valence-corrected chi connectivity index (χ4v) is 0.655. The Hall–Kier alpha value is 0.200. The van der Waals surface area contributed by atoms with Gasteiger partial charge in [0.05, 0.1) is 7.11 Å². The van der Waals surface area contributed by atoms with Crippen LogP contribution in [0, 0.1) is 5.92 Å². The van der Waals surface area contributed by atoms with Gasteiger partial charge in [-0.1, -0.05) is 36.4 Å². The Kier molecular flexibility index (Phi) is 3.62. The first-order chi connectivity index (χ1) is 4.42. The van der Waals surface area contributed by atoms with Crippen molar-refractivity contribution in [3.05, 3.63) is 0 Å².